The van der Waals surface area contributed by atoms with Crippen LogP contribution in [0.4, 0.5) is 13.2 Å². The van der Waals surface area contributed by atoms with Gasteiger partial charge in [0.2, 0.25) is 0 Å². The molecule has 0 saturated heterocycles. The summed E-state index contributed by atoms with van der Waals surface area (Å²) in [4.78, 5) is 23.0. The minimum Gasteiger partial charge on any atom is -0.480 e. The Morgan fingerprint density at radius 1 is 1.27 bits per heavy atom. The Hall–Kier alpha value is -1.70. The lowest BCUT2D eigenvalue weighted by atomic mass is 10.1. The lowest BCUT2D eigenvalue weighted by molar-refractivity contribution is -0.139. The SMILES string of the molecule is CCSCCC(NC(=O)c1ccc(C(F)(F)F)cc1)C(=O)O. The molecular weight excluding hydrogens is 319 g/mol. The summed E-state index contributed by atoms with van der Waals surface area (Å²) >= 11 is 1.54. The third kappa shape index (κ3) is 5.59. The number of carboxylic acids is 1. The highest BCUT2D eigenvalue weighted by molar-refractivity contribution is 7.99. The summed E-state index contributed by atoms with van der Waals surface area (Å²) in [7, 11) is 0. The van der Waals surface area contributed by atoms with E-state index in [1.165, 1.54) is 0 Å². The number of aliphatic carboxylic acids is 1. The van der Waals surface area contributed by atoms with Gasteiger partial charge in [-0.3, -0.25) is 4.79 Å². The highest BCUT2D eigenvalue weighted by atomic mass is 32.2. The summed E-state index contributed by atoms with van der Waals surface area (Å²) in [5.41, 5.74) is -0.874. The van der Waals surface area contributed by atoms with E-state index < -0.39 is 29.7 Å². The summed E-state index contributed by atoms with van der Waals surface area (Å²) in [6.45, 7) is 1.93. The van der Waals surface area contributed by atoms with Gasteiger partial charge in [-0.15, -0.1) is 0 Å². The normalized spacial score (nSPS) is 12.7. The average molecular weight is 335 g/mol. The highest BCUT2D eigenvalue weighted by Crippen LogP contribution is 2.29. The molecular formula is C14H16F3NO3S. The number of amides is 1. The van der Waals surface area contributed by atoms with Crippen LogP contribution in [0.2, 0.25) is 0 Å². The van der Waals surface area contributed by atoms with Crippen LogP contribution < -0.4 is 5.32 Å². The molecule has 0 spiro atoms. The maximum Gasteiger partial charge on any atom is 0.416 e. The molecule has 0 bridgehead atoms. The first kappa shape index (κ1) is 18.3. The Morgan fingerprint density at radius 3 is 2.32 bits per heavy atom. The van der Waals surface area contributed by atoms with Gasteiger partial charge in [0.15, 0.2) is 0 Å². The van der Waals surface area contributed by atoms with Crippen LogP contribution in [-0.2, 0) is 11.0 Å². The molecule has 22 heavy (non-hydrogen) atoms. The molecule has 2 N–H and O–H groups in total. The zero-order chi connectivity index (χ0) is 16.8. The summed E-state index contributed by atoms with van der Waals surface area (Å²) in [6, 6.07) is 2.57. The van der Waals surface area contributed by atoms with Crippen molar-refractivity contribution >= 4 is 23.6 Å². The van der Waals surface area contributed by atoms with E-state index >= 15 is 0 Å². The standard InChI is InChI=1S/C14H16F3NO3S/c1-2-22-8-7-11(13(20)21)18-12(19)9-3-5-10(6-4-9)14(15,16)17/h3-6,11H,2,7-8H2,1H3,(H,18,19)(H,20,21). The van der Waals surface area contributed by atoms with E-state index in [1.807, 2.05) is 6.92 Å². The number of alkyl halides is 3. The van der Waals surface area contributed by atoms with Crippen LogP contribution in [0.3, 0.4) is 0 Å². The zero-order valence-corrected chi connectivity index (χ0v) is 12.6. The summed E-state index contributed by atoms with van der Waals surface area (Å²) in [6.07, 6.45) is -4.23. The van der Waals surface area contributed by atoms with Crippen LogP contribution in [-0.4, -0.2) is 34.5 Å². The Kier molecular flexibility index (Phi) is 6.73. The fraction of sp³-hybridized carbons (Fsp3) is 0.429. The number of rotatable bonds is 7. The molecule has 1 atom stereocenters. The first-order chi connectivity index (χ1) is 10.3. The fourth-order valence-electron chi connectivity index (χ4n) is 1.66. The molecule has 1 unspecified atom stereocenters. The molecule has 0 aliphatic rings. The average Bonchev–Trinajstić information content (AvgIpc) is 2.45. The van der Waals surface area contributed by atoms with Gasteiger partial charge in [0, 0.05) is 5.56 Å². The topological polar surface area (TPSA) is 66.4 Å². The number of carbonyl (C=O) groups is 2. The van der Waals surface area contributed by atoms with Crippen molar-refractivity contribution < 1.29 is 27.9 Å². The van der Waals surface area contributed by atoms with Gasteiger partial charge in [0.1, 0.15) is 6.04 Å². The van der Waals surface area contributed by atoms with Gasteiger partial charge in [-0.05, 0) is 42.2 Å². The monoisotopic (exact) mass is 335 g/mol. The minimum absolute atomic E-state index is 0.0117. The van der Waals surface area contributed by atoms with Crippen LogP contribution in [0.25, 0.3) is 0 Å². The Bertz CT molecular complexity index is 517. The molecule has 0 radical (unpaired) electrons. The molecule has 0 fully saturated rings. The minimum atomic E-state index is -4.48. The van der Waals surface area contributed by atoms with Crippen molar-refractivity contribution in [3.8, 4) is 0 Å². The van der Waals surface area contributed by atoms with Gasteiger partial charge in [-0.1, -0.05) is 6.92 Å². The molecule has 0 aromatic heterocycles. The molecule has 0 heterocycles. The van der Waals surface area contributed by atoms with Gasteiger partial charge in [0.05, 0.1) is 5.56 Å². The third-order valence-electron chi connectivity index (χ3n) is 2.83. The van der Waals surface area contributed by atoms with Crippen LogP contribution >= 0.6 is 11.8 Å². The number of benzene rings is 1. The van der Waals surface area contributed by atoms with E-state index in [0.717, 1.165) is 30.0 Å². The van der Waals surface area contributed by atoms with Gasteiger partial charge in [0.25, 0.3) is 5.91 Å². The van der Waals surface area contributed by atoms with Crippen molar-refractivity contribution in [1.82, 2.24) is 5.32 Å². The molecule has 1 aromatic carbocycles. The van der Waals surface area contributed by atoms with Crippen LogP contribution in [0, 0.1) is 0 Å². The molecule has 1 aromatic rings. The van der Waals surface area contributed by atoms with Crippen LogP contribution in [0.15, 0.2) is 24.3 Å². The Morgan fingerprint density at radius 2 is 1.86 bits per heavy atom. The van der Waals surface area contributed by atoms with Crippen molar-refractivity contribution in [2.45, 2.75) is 25.6 Å². The first-order valence-electron chi connectivity index (χ1n) is 6.54. The Labute approximate surface area is 130 Å². The molecule has 1 amide bonds. The van der Waals surface area contributed by atoms with Crippen molar-refractivity contribution in [3.05, 3.63) is 35.4 Å². The zero-order valence-electron chi connectivity index (χ0n) is 11.8. The predicted molar refractivity (Wildman–Crippen MR) is 78.0 cm³/mol. The number of hydrogen-bond donors (Lipinski definition) is 2. The summed E-state index contributed by atoms with van der Waals surface area (Å²) in [5, 5.41) is 11.4. The smallest absolute Gasteiger partial charge is 0.416 e. The maximum absolute atomic E-state index is 12.4. The van der Waals surface area contributed by atoms with Gasteiger partial charge >= 0.3 is 12.1 Å². The number of carboxylic acid groups (broad SMARTS) is 1. The fourth-order valence-corrected chi connectivity index (χ4v) is 2.35. The van der Waals surface area contributed by atoms with E-state index in [0.29, 0.717) is 5.75 Å². The van der Waals surface area contributed by atoms with E-state index in [1.54, 1.807) is 11.8 Å². The van der Waals surface area contributed by atoms with Crippen LogP contribution in [0.1, 0.15) is 29.3 Å². The van der Waals surface area contributed by atoms with E-state index in [2.05, 4.69) is 5.32 Å². The van der Waals surface area contributed by atoms with Gasteiger partial charge < -0.3 is 10.4 Å². The molecule has 0 aliphatic heterocycles. The third-order valence-corrected chi connectivity index (χ3v) is 3.77. The van der Waals surface area contributed by atoms with Crippen molar-refractivity contribution in [2.24, 2.45) is 0 Å². The second kappa shape index (κ2) is 8.07. The van der Waals surface area contributed by atoms with E-state index in [9.17, 15) is 22.8 Å². The molecule has 8 heteroatoms. The van der Waals surface area contributed by atoms with E-state index in [4.69, 9.17) is 5.11 Å². The highest BCUT2D eigenvalue weighted by Gasteiger charge is 2.30. The molecule has 0 aliphatic carbocycles. The molecule has 122 valence electrons. The quantitative estimate of drug-likeness (QED) is 0.752. The number of thioether (sulfide) groups is 1. The number of halogens is 3. The van der Waals surface area contributed by atoms with Gasteiger partial charge in [-0.25, -0.2) is 4.79 Å². The molecule has 1 rings (SSSR count). The number of nitrogens with one attached hydrogen (secondary N) is 1. The largest absolute Gasteiger partial charge is 0.480 e. The lowest BCUT2D eigenvalue weighted by Gasteiger charge is -2.14. The Balaban J connectivity index is 2.71. The predicted octanol–water partition coefficient (Wildman–Crippen LogP) is 3.03. The number of hydrogen-bond acceptors (Lipinski definition) is 3. The van der Waals surface area contributed by atoms with Crippen molar-refractivity contribution in [1.29, 1.82) is 0 Å². The second-order valence-electron chi connectivity index (χ2n) is 4.42. The van der Waals surface area contributed by atoms with Gasteiger partial charge in [-0.2, -0.15) is 24.9 Å². The molecule has 0 saturated carbocycles. The summed E-state index contributed by atoms with van der Waals surface area (Å²) < 4.78 is 37.3. The van der Waals surface area contributed by atoms with Crippen LogP contribution in [0.5, 0.6) is 0 Å². The van der Waals surface area contributed by atoms with Crippen molar-refractivity contribution in [2.75, 3.05) is 11.5 Å². The van der Waals surface area contributed by atoms with Crippen molar-refractivity contribution in [3.63, 3.8) is 0 Å². The first-order valence-corrected chi connectivity index (χ1v) is 7.69. The summed E-state index contributed by atoms with van der Waals surface area (Å²) in [5.74, 6) is -0.473. The number of carbonyl (C=O) groups excluding carboxylic acids is 1. The lowest BCUT2D eigenvalue weighted by Crippen LogP contribution is -2.41. The maximum atomic E-state index is 12.4. The van der Waals surface area contributed by atoms with E-state index in [-0.39, 0.29) is 12.0 Å². The molecule has 4 nitrogen and oxygen atoms in total. The second-order valence-corrected chi connectivity index (χ2v) is 5.82.